The number of carbonyl (C=O) groups excluding carboxylic acids is 1. The molecular formula is C12H16N2O2. The predicted molar refractivity (Wildman–Crippen MR) is 64.4 cm³/mol. The standard InChI is InChI=1S/C12H16N2O2/c1-4-14-11-6-5-9(12(15)16-3)7-10(11)8(2)13/h5-7,13-14H,4H2,1-3H3. The van der Waals surface area contributed by atoms with E-state index in [9.17, 15) is 4.79 Å². The summed E-state index contributed by atoms with van der Waals surface area (Å²) in [7, 11) is 1.34. The van der Waals surface area contributed by atoms with E-state index in [0.29, 0.717) is 11.3 Å². The van der Waals surface area contributed by atoms with Gasteiger partial charge in [-0.15, -0.1) is 0 Å². The summed E-state index contributed by atoms with van der Waals surface area (Å²) in [5.74, 6) is -0.384. The molecule has 0 aliphatic rings. The lowest BCUT2D eigenvalue weighted by atomic mass is 10.0. The smallest absolute Gasteiger partial charge is 0.337 e. The molecule has 2 N–H and O–H groups in total. The number of anilines is 1. The Morgan fingerprint density at radius 3 is 2.69 bits per heavy atom. The highest BCUT2D eigenvalue weighted by molar-refractivity contribution is 6.03. The van der Waals surface area contributed by atoms with E-state index < -0.39 is 0 Å². The van der Waals surface area contributed by atoms with Crippen molar-refractivity contribution in [3.63, 3.8) is 0 Å². The summed E-state index contributed by atoms with van der Waals surface area (Å²) < 4.78 is 4.64. The quantitative estimate of drug-likeness (QED) is 0.604. The van der Waals surface area contributed by atoms with Gasteiger partial charge in [0, 0.05) is 23.5 Å². The first-order valence-corrected chi connectivity index (χ1v) is 5.12. The van der Waals surface area contributed by atoms with Gasteiger partial charge in [0.05, 0.1) is 12.7 Å². The van der Waals surface area contributed by atoms with E-state index >= 15 is 0 Å². The van der Waals surface area contributed by atoms with E-state index in [0.717, 1.165) is 17.8 Å². The van der Waals surface area contributed by atoms with Crippen LogP contribution in [0.3, 0.4) is 0 Å². The average molecular weight is 220 g/mol. The Morgan fingerprint density at radius 2 is 2.19 bits per heavy atom. The van der Waals surface area contributed by atoms with Crippen molar-refractivity contribution in [2.75, 3.05) is 19.0 Å². The van der Waals surface area contributed by atoms with Crippen LogP contribution in [0, 0.1) is 5.41 Å². The molecule has 0 radical (unpaired) electrons. The summed E-state index contributed by atoms with van der Waals surface area (Å²) in [6.45, 7) is 4.45. The van der Waals surface area contributed by atoms with Crippen LogP contribution in [0.2, 0.25) is 0 Å². The number of ether oxygens (including phenoxy) is 1. The maximum atomic E-state index is 11.3. The summed E-state index contributed by atoms with van der Waals surface area (Å²) in [5.41, 5.74) is 2.47. The molecule has 0 fully saturated rings. The molecule has 0 spiro atoms. The Morgan fingerprint density at radius 1 is 1.50 bits per heavy atom. The maximum absolute atomic E-state index is 11.3. The van der Waals surface area contributed by atoms with Gasteiger partial charge < -0.3 is 15.5 Å². The van der Waals surface area contributed by atoms with E-state index in [1.807, 2.05) is 6.92 Å². The Kier molecular flexibility index (Phi) is 4.05. The second-order valence-electron chi connectivity index (χ2n) is 3.41. The average Bonchev–Trinajstić information content (AvgIpc) is 2.28. The topological polar surface area (TPSA) is 62.2 Å². The molecule has 0 amide bonds. The van der Waals surface area contributed by atoms with Crippen molar-refractivity contribution in [2.24, 2.45) is 0 Å². The minimum atomic E-state index is -0.384. The first kappa shape index (κ1) is 12.2. The van der Waals surface area contributed by atoms with Crippen molar-refractivity contribution in [2.45, 2.75) is 13.8 Å². The van der Waals surface area contributed by atoms with Gasteiger partial charge in [-0.25, -0.2) is 4.79 Å². The minimum Gasteiger partial charge on any atom is -0.465 e. The summed E-state index contributed by atoms with van der Waals surface area (Å²) in [6, 6.07) is 5.16. The highest BCUT2D eigenvalue weighted by Crippen LogP contribution is 2.18. The highest BCUT2D eigenvalue weighted by atomic mass is 16.5. The second-order valence-corrected chi connectivity index (χ2v) is 3.41. The van der Waals surface area contributed by atoms with Crippen molar-refractivity contribution < 1.29 is 9.53 Å². The first-order valence-electron chi connectivity index (χ1n) is 5.12. The van der Waals surface area contributed by atoms with E-state index in [1.165, 1.54) is 7.11 Å². The third-order valence-corrected chi connectivity index (χ3v) is 2.21. The lowest BCUT2D eigenvalue weighted by Crippen LogP contribution is -2.08. The van der Waals surface area contributed by atoms with Crippen LogP contribution in [-0.4, -0.2) is 25.3 Å². The molecule has 1 aromatic rings. The van der Waals surface area contributed by atoms with Crippen molar-refractivity contribution in [3.8, 4) is 0 Å². The van der Waals surface area contributed by atoms with Crippen LogP contribution in [0.25, 0.3) is 0 Å². The number of hydrogen-bond donors (Lipinski definition) is 2. The van der Waals surface area contributed by atoms with Gasteiger partial charge in [-0.2, -0.15) is 0 Å². The molecular weight excluding hydrogens is 204 g/mol. The molecule has 1 aromatic carbocycles. The number of hydrogen-bond acceptors (Lipinski definition) is 4. The van der Waals surface area contributed by atoms with Crippen molar-refractivity contribution >= 4 is 17.4 Å². The van der Waals surface area contributed by atoms with Crippen molar-refractivity contribution in [1.29, 1.82) is 5.41 Å². The van der Waals surface area contributed by atoms with Crippen LogP contribution in [0.1, 0.15) is 29.8 Å². The molecule has 0 saturated heterocycles. The monoisotopic (exact) mass is 220 g/mol. The zero-order chi connectivity index (χ0) is 12.1. The molecule has 86 valence electrons. The summed E-state index contributed by atoms with van der Waals surface area (Å²) in [6.07, 6.45) is 0. The summed E-state index contributed by atoms with van der Waals surface area (Å²) in [4.78, 5) is 11.3. The van der Waals surface area contributed by atoms with Gasteiger partial charge in [-0.3, -0.25) is 0 Å². The number of nitrogens with one attached hydrogen (secondary N) is 2. The van der Waals surface area contributed by atoms with Gasteiger partial charge in [0.2, 0.25) is 0 Å². The number of rotatable bonds is 4. The molecule has 0 atom stereocenters. The van der Waals surface area contributed by atoms with Crippen LogP contribution in [0.4, 0.5) is 5.69 Å². The van der Waals surface area contributed by atoms with E-state index in [2.05, 4.69) is 10.1 Å². The SMILES string of the molecule is CCNc1ccc(C(=O)OC)cc1C(C)=N. The van der Waals surface area contributed by atoms with Gasteiger partial charge in [-0.1, -0.05) is 0 Å². The molecule has 16 heavy (non-hydrogen) atoms. The van der Waals surface area contributed by atoms with Crippen LogP contribution in [0.5, 0.6) is 0 Å². The largest absolute Gasteiger partial charge is 0.465 e. The molecule has 0 unspecified atom stereocenters. The van der Waals surface area contributed by atoms with Crippen molar-refractivity contribution in [1.82, 2.24) is 0 Å². The predicted octanol–water partition coefficient (Wildman–Crippen LogP) is 2.29. The zero-order valence-electron chi connectivity index (χ0n) is 9.76. The van der Waals surface area contributed by atoms with Gasteiger partial charge in [0.15, 0.2) is 0 Å². The van der Waals surface area contributed by atoms with Gasteiger partial charge >= 0.3 is 5.97 Å². The van der Waals surface area contributed by atoms with E-state index in [4.69, 9.17) is 5.41 Å². The fourth-order valence-corrected chi connectivity index (χ4v) is 1.44. The van der Waals surface area contributed by atoms with Crippen LogP contribution in [-0.2, 0) is 4.74 Å². The van der Waals surface area contributed by atoms with Crippen molar-refractivity contribution in [3.05, 3.63) is 29.3 Å². The minimum absolute atomic E-state index is 0.384. The highest BCUT2D eigenvalue weighted by Gasteiger charge is 2.10. The van der Waals surface area contributed by atoms with Gasteiger partial charge in [-0.05, 0) is 32.0 Å². The van der Waals surface area contributed by atoms with Crippen LogP contribution in [0.15, 0.2) is 18.2 Å². The fraction of sp³-hybridized carbons (Fsp3) is 0.333. The molecule has 0 bridgehead atoms. The van der Waals surface area contributed by atoms with E-state index in [1.54, 1.807) is 25.1 Å². The Labute approximate surface area is 95.1 Å². The third-order valence-electron chi connectivity index (χ3n) is 2.21. The molecule has 0 aliphatic carbocycles. The third kappa shape index (κ3) is 2.59. The molecule has 4 nitrogen and oxygen atoms in total. The van der Waals surface area contributed by atoms with E-state index in [-0.39, 0.29) is 5.97 Å². The molecule has 4 heteroatoms. The summed E-state index contributed by atoms with van der Waals surface area (Å²) in [5, 5.41) is 10.8. The normalized spacial score (nSPS) is 9.69. The number of esters is 1. The number of methoxy groups -OCH3 is 1. The number of carbonyl (C=O) groups is 1. The first-order chi connectivity index (χ1) is 7.60. The lowest BCUT2D eigenvalue weighted by molar-refractivity contribution is 0.0601. The van der Waals surface area contributed by atoms with Gasteiger partial charge in [0.25, 0.3) is 0 Å². The fourth-order valence-electron chi connectivity index (χ4n) is 1.44. The lowest BCUT2D eigenvalue weighted by Gasteiger charge is -2.11. The Hall–Kier alpha value is -1.84. The number of benzene rings is 1. The summed E-state index contributed by atoms with van der Waals surface area (Å²) >= 11 is 0. The molecule has 0 saturated carbocycles. The second kappa shape index (κ2) is 5.30. The molecule has 0 heterocycles. The van der Waals surface area contributed by atoms with Gasteiger partial charge in [0.1, 0.15) is 0 Å². The molecule has 0 aliphatic heterocycles. The molecule has 0 aromatic heterocycles. The Balaban J connectivity index is 3.17. The molecule has 1 rings (SSSR count). The zero-order valence-corrected chi connectivity index (χ0v) is 9.76. The van der Waals surface area contributed by atoms with Crippen LogP contribution >= 0.6 is 0 Å². The van der Waals surface area contributed by atoms with Crippen LogP contribution < -0.4 is 5.32 Å². The Bertz CT molecular complexity index is 413. The maximum Gasteiger partial charge on any atom is 0.337 e.